The van der Waals surface area contributed by atoms with E-state index in [1.165, 1.54) is 12.1 Å². The van der Waals surface area contributed by atoms with Gasteiger partial charge in [-0.2, -0.15) is 0 Å². The summed E-state index contributed by atoms with van der Waals surface area (Å²) in [5.41, 5.74) is 1.03. The van der Waals surface area contributed by atoms with Crippen LogP contribution in [0.15, 0.2) is 29.2 Å². The minimum Gasteiger partial charge on any atom is -0.395 e. The van der Waals surface area contributed by atoms with Crippen molar-refractivity contribution >= 4 is 26.0 Å². The van der Waals surface area contributed by atoms with Crippen molar-refractivity contribution in [1.29, 1.82) is 0 Å². The van der Waals surface area contributed by atoms with Crippen LogP contribution in [0.25, 0.3) is 0 Å². The van der Waals surface area contributed by atoms with E-state index in [9.17, 15) is 8.42 Å². The summed E-state index contributed by atoms with van der Waals surface area (Å²) in [5, 5.41) is 18.5. The number of halogens is 1. The third kappa shape index (κ3) is 4.33. The summed E-state index contributed by atoms with van der Waals surface area (Å²) in [5.74, 6) is 0. The van der Waals surface area contributed by atoms with Crippen LogP contribution < -0.4 is 4.72 Å². The number of benzene rings is 1. The lowest BCUT2D eigenvalue weighted by Crippen LogP contribution is -2.39. The number of aliphatic hydroxyl groups excluding tert-OH is 2. The first-order valence-corrected chi connectivity index (χ1v) is 8.03. The number of sulfonamides is 1. The Morgan fingerprint density at radius 1 is 1.17 bits per heavy atom. The molecule has 1 aromatic carbocycles. The number of hydrogen-bond acceptors (Lipinski definition) is 4. The molecule has 102 valence electrons. The molecule has 0 aliphatic heterocycles. The molecule has 0 radical (unpaired) electrons. The third-order valence-electron chi connectivity index (χ3n) is 2.38. The number of aliphatic hydroxyl groups is 2. The van der Waals surface area contributed by atoms with Gasteiger partial charge in [0.25, 0.3) is 0 Å². The van der Waals surface area contributed by atoms with Gasteiger partial charge in [0.05, 0.1) is 24.2 Å². The van der Waals surface area contributed by atoms with Crippen molar-refractivity contribution in [2.45, 2.75) is 17.4 Å². The average Bonchev–Trinajstić information content (AvgIpc) is 2.37. The van der Waals surface area contributed by atoms with Crippen molar-refractivity contribution < 1.29 is 18.6 Å². The molecule has 5 nitrogen and oxygen atoms in total. The van der Waals surface area contributed by atoms with Crippen LogP contribution >= 0.6 is 15.9 Å². The van der Waals surface area contributed by atoms with E-state index < -0.39 is 29.3 Å². The fourth-order valence-electron chi connectivity index (χ4n) is 1.36. The lowest BCUT2D eigenvalue weighted by molar-refractivity contribution is 0.185. The van der Waals surface area contributed by atoms with Crippen molar-refractivity contribution in [2.75, 3.05) is 18.5 Å². The standard InChI is InChI=1S/C11H16BrNO4S/c12-6-5-9-1-3-11(4-2-9)18(16,17)13-10(7-14)8-15/h1-4,10,13-15H,5-8H2. The van der Waals surface area contributed by atoms with Crippen molar-refractivity contribution in [1.82, 2.24) is 4.72 Å². The zero-order valence-electron chi connectivity index (χ0n) is 9.71. The van der Waals surface area contributed by atoms with E-state index in [1.54, 1.807) is 12.1 Å². The van der Waals surface area contributed by atoms with E-state index in [4.69, 9.17) is 10.2 Å². The minimum absolute atomic E-state index is 0.118. The summed E-state index contributed by atoms with van der Waals surface area (Å²) < 4.78 is 26.0. The highest BCUT2D eigenvalue weighted by atomic mass is 79.9. The van der Waals surface area contributed by atoms with Gasteiger partial charge in [0, 0.05) is 5.33 Å². The largest absolute Gasteiger partial charge is 0.395 e. The maximum absolute atomic E-state index is 11.9. The molecule has 7 heteroatoms. The molecule has 1 rings (SSSR count). The van der Waals surface area contributed by atoms with Crippen LogP contribution in [-0.4, -0.2) is 43.2 Å². The molecule has 0 amide bonds. The zero-order chi connectivity index (χ0) is 13.6. The van der Waals surface area contributed by atoms with Crippen LogP contribution in [0.5, 0.6) is 0 Å². The molecule has 0 saturated heterocycles. The van der Waals surface area contributed by atoms with Crippen LogP contribution in [0.3, 0.4) is 0 Å². The van der Waals surface area contributed by atoms with Crippen LogP contribution in [0.2, 0.25) is 0 Å². The summed E-state index contributed by atoms with van der Waals surface area (Å²) in [6.45, 7) is -0.894. The van der Waals surface area contributed by atoms with E-state index in [1.807, 2.05) is 0 Å². The molecule has 0 aliphatic rings. The van der Waals surface area contributed by atoms with Gasteiger partial charge in [0.15, 0.2) is 0 Å². The first-order valence-electron chi connectivity index (χ1n) is 5.42. The van der Waals surface area contributed by atoms with Crippen LogP contribution in [0.1, 0.15) is 5.56 Å². The summed E-state index contributed by atoms with van der Waals surface area (Å²) in [6, 6.07) is 5.61. The number of nitrogens with one attached hydrogen (secondary N) is 1. The van der Waals surface area contributed by atoms with Crippen molar-refractivity contribution in [3.8, 4) is 0 Å². The van der Waals surface area contributed by atoms with Crippen LogP contribution in [0.4, 0.5) is 0 Å². The maximum Gasteiger partial charge on any atom is 0.240 e. The van der Waals surface area contributed by atoms with E-state index in [2.05, 4.69) is 20.7 Å². The number of aryl methyl sites for hydroxylation is 1. The Labute approximate surface area is 115 Å². The third-order valence-corrected chi connectivity index (χ3v) is 4.31. The number of rotatable bonds is 7. The van der Waals surface area contributed by atoms with Gasteiger partial charge in [-0.05, 0) is 24.1 Å². The highest BCUT2D eigenvalue weighted by molar-refractivity contribution is 9.09. The van der Waals surface area contributed by atoms with E-state index in [-0.39, 0.29) is 4.90 Å². The molecule has 0 heterocycles. The summed E-state index contributed by atoms with van der Waals surface area (Å²) >= 11 is 3.31. The van der Waals surface area contributed by atoms with Gasteiger partial charge in [0.1, 0.15) is 0 Å². The van der Waals surface area contributed by atoms with Crippen molar-refractivity contribution in [3.05, 3.63) is 29.8 Å². The Bertz CT molecular complexity index is 456. The van der Waals surface area contributed by atoms with E-state index >= 15 is 0 Å². The molecule has 0 saturated carbocycles. The van der Waals surface area contributed by atoms with Crippen molar-refractivity contribution in [3.63, 3.8) is 0 Å². The SMILES string of the molecule is O=S(=O)(NC(CO)CO)c1ccc(CCBr)cc1. The normalized spacial score (nSPS) is 12.0. The fourth-order valence-corrected chi connectivity index (χ4v) is 3.04. The van der Waals surface area contributed by atoms with Gasteiger partial charge in [-0.1, -0.05) is 28.1 Å². The summed E-state index contributed by atoms with van der Waals surface area (Å²) in [4.78, 5) is 0.118. The molecular weight excluding hydrogens is 322 g/mol. The number of alkyl halides is 1. The van der Waals surface area contributed by atoms with Crippen molar-refractivity contribution in [2.24, 2.45) is 0 Å². The van der Waals surface area contributed by atoms with Gasteiger partial charge in [-0.25, -0.2) is 13.1 Å². The molecule has 0 spiro atoms. The molecule has 0 fully saturated rings. The Morgan fingerprint density at radius 3 is 2.17 bits per heavy atom. The molecule has 18 heavy (non-hydrogen) atoms. The first-order chi connectivity index (χ1) is 8.53. The quantitative estimate of drug-likeness (QED) is 0.623. The Morgan fingerprint density at radius 2 is 1.72 bits per heavy atom. The Hall–Kier alpha value is -0.470. The molecule has 0 atom stereocenters. The zero-order valence-corrected chi connectivity index (χ0v) is 12.1. The number of hydrogen-bond donors (Lipinski definition) is 3. The maximum atomic E-state index is 11.9. The van der Waals surface area contributed by atoms with Crippen LogP contribution in [0, 0.1) is 0 Å². The summed E-state index contributed by atoms with van der Waals surface area (Å²) in [6.07, 6.45) is 0.823. The second kappa shape index (κ2) is 7.20. The molecule has 1 aromatic rings. The second-order valence-electron chi connectivity index (χ2n) is 3.77. The average molecular weight is 338 g/mol. The molecule has 3 N–H and O–H groups in total. The van der Waals surface area contributed by atoms with Crippen LogP contribution in [-0.2, 0) is 16.4 Å². The predicted molar refractivity (Wildman–Crippen MR) is 72.2 cm³/mol. The molecular formula is C11H16BrNO4S. The topological polar surface area (TPSA) is 86.6 Å². The van der Waals surface area contributed by atoms with Gasteiger partial charge < -0.3 is 10.2 Å². The smallest absolute Gasteiger partial charge is 0.240 e. The van der Waals surface area contributed by atoms with Gasteiger partial charge >= 0.3 is 0 Å². The van der Waals surface area contributed by atoms with Gasteiger partial charge in [-0.3, -0.25) is 0 Å². The lowest BCUT2D eigenvalue weighted by Gasteiger charge is -2.13. The Kier molecular flexibility index (Phi) is 6.24. The van der Waals surface area contributed by atoms with E-state index in [0.29, 0.717) is 0 Å². The Balaban J connectivity index is 2.84. The van der Waals surface area contributed by atoms with Gasteiger partial charge in [0.2, 0.25) is 10.0 Å². The van der Waals surface area contributed by atoms with E-state index in [0.717, 1.165) is 17.3 Å². The molecule has 0 unspecified atom stereocenters. The highest BCUT2D eigenvalue weighted by Crippen LogP contribution is 2.12. The predicted octanol–water partition coefficient (Wildman–Crippen LogP) is 0.255. The molecule has 0 aliphatic carbocycles. The first kappa shape index (κ1) is 15.6. The second-order valence-corrected chi connectivity index (χ2v) is 6.27. The van der Waals surface area contributed by atoms with Gasteiger partial charge in [-0.15, -0.1) is 0 Å². The highest BCUT2D eigenvalue weighted by Gasteiger charge is 2.18. The fraction of sp³-hybridized carbons (Fsp3) is 0.455. The minimum atomic E-state index is -3.70. The molecule has 0 aromatic heterocycles. The monoisotopic (exact) mass is 337 g/mol. The summed E-state index contributed by atoms with van der Waals surface area (Å²) in [7, 11) is -3.70. The lowest BCUT2D eigenvalue weighted by atomic mass is 10.2. The molecule has 0 bridgehead atoms.